The molecule has 0 aromatic carbocycles. The van der Waals surface area contributed by atoms with Crippen molar-refractivity contribution in [2.75, 3.05) is 6.61 Å². The van der Waals surface area contributed by atoms with Crippen LogP contribution >= 0.6 is 0 Å². The topological polar surface area (TPSA) is 82.6 Å². The molecule has 1 aromatic rings. The quantitative estimate of drug-likeness (QED) is 0.876. The Morgan fingerprint density at radius 2 is 2.15 bits per heavy atom. The summed E-state index contributed by atoms with van der Waals surface area (Å²) < 4.78 is 18.4. The SMILES string of the molecule is CCO[C@H](C1OC(C)(C)O[C@H]1C)n1ccc(=O)[nH]c1=O. The van der Waals surface area contributed by atoms with Crippen LogP contribution in [0.4, 0.5) is 0 Å². The number of nitrogens with one attached hydrogen (secondary N) is 1. The third-order valence-electron chi connectivity index (χ3n) is 3.10. The highest BCUT2D eigenvalue weighted by molar-refractivity contribution is 4.89. The van der Waals surface area contributed by atoms with Gasteiger partial charge in [-0.3, -0.25) is 14.3 Å². The zero-order valence-corrected chi connectivity index (χ0v) is 12.1. The molecule has 1 aromatic heterocycles. The van der Waals surface area contributed by atoms with Crippen molar-refractivity contribution in [3.8, 4) is 0 Å². The number of nitrogens with zero attached hydrogens (tertiary/aromatic N) is 1. The molecule has 1 unspecified atom stereocenters. The van der Waals surface area contributed by atoms with E-state index in [4.69, 9.17) is 14.2 Å². The van der Waals surface area contributed by atoms with Crippen molar-refractivity contribution in [1.29, 1.82) is 0 Å². The van der Waals surface area contributed by atoms with Crippen LogP contribution in [-0.2, 0) is 14.2 Å². The highest BCUT2D eigenvalue weighted by atomic mass is 16.8. The van der Waals surface area contributed by atoms with Crippen molar-refractivity contribution >= 4 is 0 Å². The largest absolute Gasteiger partial charge is 0.355 e. The first kappa shape index (κ1) is 15.0. The molecule has 1 fully saturated rings. The van der Waals surface area contributed by atoms with E-state index in [1.807, 2.05) is 27.7 Å². The molecule has 0 amide bonds. The molecule has 0 aliphatic carbocycles. The maximum absolute atomic E-state index is 11.9. The van der Waals surface area contributed by atoms with Gasteiger partial charge in [0.05, 0.1) is 6.10 Å². The van der Waals surface area contributed by atoms with Gasteiger partial charge in [0.25, 0.3) is 5.56 Å². The summed E-state index contributed by atoms with van der Waals surface area (Å²) in [6.45, 7) is 7.71. The molecule has 1 N–H and O–H groups in total. The Morgan fingerprint density at radius 1 is 1.45 bits per heavy atom. The summed E-state index contributed by atoms with van der Waals surface area (Å²) >= 11 is 0. The molecule has 7 heteroatoms. The van der Waals surface area contributed by atoms with Crippen LogP contribution in [0.15, 0.2) is 21.9 Å². The number of rotatable bonds is 4. The highest BCUT2D eigenvalue weighted by Gasteiger charge is 2.44. The normalized spacial score (nSPS) is 26.6. The lowest BCUT2D eigenvalue weighted by atomic mass is 10.2. The number of hydrogen-bond donors (Lipinski definition) is 1. The molecular formula is C13H20N2O5. The Bertz CT molecular complexity index is 577. The van der Waals surface area contributed by atoms with E-state index < -0.39 is 29.4 Å². The maximum Gasteiger partial charge on any atom is 0.330 e. The highest BCUT2D eigenvalue weighted by Crippen LogP contribution is 2.33. The van der Waals surface area contributed by atoms with Gasteiger partial charge < -0.3 is 14.2 Å². The molecule has 1 saturated heterocycles. The standard InChI is InChI=1S/C13H20N2O5/c1-5-18-11(10-8(2)19-13(3,4)20-10)15-7-6-9(16)14-12(15)17/h6-8,10-11H,5H2,1-4H3,(H,14,16,17)/t8-,10?,11+/m0/s1. The van der Waals surface area contributed by atoms with Crippen LogP contribution in [0.3, 0.4) is 0 Å². The predicted octanol–water partition coefficient (Wildman–Crippen LogP) is 0.612. The van der Waals surface area contributed by atoms with Crippen LogP contribution in [0.5, 0.6) is 0 Å². The zero-order valence-electron chi connectivity index (χ0n) is 12.1. The summed E-state index contributed by atoms with van der Waals surface area (Å²) in [6.07, 6.45) is 0.0816. The fourth-order valence-electron chi connectivity index (χ4n) is 2.39. The predicted molar refractivity (Wildman–Crippen MR) is 71.5 cm³/mol. The van der Waals surface area contributed by atoms with Crippen molar-refractivity contribution in [3.05, 3.63) is 33.1 Å². The number of aromatic amines is 1. The molecule has 7 nitrogen and oxygen atoms in total. The minimum atomic E-state index is -0.731. The Hall–Kier alpha value is -1.44. The zero-order chi connectivity index (χ0) is 14.9. The van der Waals surface area contributed by atoms with Crippen molar-refractivity contribution in [3.63, 3.8) is 0 Å². The van der Waals surface area contributed by atoms with Gasteiger partial charge in [-0.25, -0.2) is 4.79 Å². The van der Waals surface area contributed by atoms with Crippen molar-refractivity contribution < 1.29 is 14.2 Å². The van der Waals surface area contributed by atoms with Crippen LogP contribution in [0.1, 0.15) is 33.9 Å². The maximum atomic E-state index is 11.9. The third kappa shape index (κ3) is 3.00. The van der Waals surface area contributed by atoms with E-state index in [1.165, 1.54) is 16.8 Å². The summed E-state index contributed by atoms with van der Waals surface area (Å²) in [7, 11) is 0. The lowest BCUT2D eigenvalue weighted by Gasteiger charge is -2.26. The number of hydrogen-bond acceptors (Lipinski definition) is 5. The number of aromatic nitrogens is 2. The van der Waals surface area contributed by atoms with Gasteiger partial charge in [0.2, 0.25) is 0 Å². The molecule has 0 bridgehead atoms. The average Bonchev–Trinajstić information content (AvgIpc) is 2.60. The Kier molecular flexibility index (Phi) is 4.12. The van der Waals surface area contributed by atoms with Crippen molar-refractivity contribution in [2.45, 2.75) is 51.9 Å². The molecule has 20 heavy (non-hydrogen) atoms. The van der Waals surface area contributed by atoms with E-state index in [0.29, 0.717) is 6.61 Å². The first-order valence-corrected chi connectivity index (χ1v) is 6.63. The van der Waals surface area contributed by atoms with Gasteiger partial charge in [-0.2, -0.15) is 0 Å². The van der Waals surface area contributed by atoms with Crippen LogP contribution < -0.4 is 11.2 Å². The molecule has 0 spiro atoms. The van der Waals surface area contributed by atoms with Gasteiger partial charge in [0.15, 0.2) is 12.0 Å². The summed E-state index contributed by atoms with van der Waals surface area (Å²) in [4.78, 5) is 25.3. The van der Waals surface area contributed by atoms with E-state index in [-0.39, 0.29) is 6.10 Å². The van der Waals surface area contributed by atoms with Gasteiger partial charge in [-0.15, -0.1) is 0 Å². The molecule has 3 atom stereocenters. The number of ether oxygens (including phenoxy) is 3. The van der Waals surface area contributed by atoms with E-state index >= 15 is 0 Å². The minimum Gasteiger partial charge on any atom is -0.355 e. The summed E-state index contributed by atoms with van der Waals surface area (Å²) in [5, 5.41) is 0. The van der Waals surface area contributed by atoms with E-state index in [2.05, 4.69) is 4.98 Å². The molecule has 0 radical (unpaired) electrons. The summed E-state index contributed by atoms with van der Waals surface area (Å²) in [6, 6.07) is 1.28. The minimum absolute atomic E-state index is 0.236. The number of H-pyrrole nitrogens is 1. The fraction of sp³-hybridized carbons (Fsp3) is 0.692. The molecule has 2 heterocycles. The van der Waals surface area contributed by atoms with Gasteiger partial charge >= 0.3 is 5.69 Å². The Balaban J connectivity index is 2.36. The van der Waals surface area contributed by atoms with Crippen LogP contribution in [0.25, 0.3) is 0 Å². The first-order valence-electron chi connectivity index (χ1n) is 6.63. The molecule has 1 aliphatic rings. The molecule has 1 aliphatic heterocycles. The smallest absolute Gasteiger partial charge is 0.330 e. The van der Waals surface area contributed by atoms with E-state index in [1.54, 1.807) is 0 Å². The molecular weight excluding hydrogens is 264 g/mol. The lowest BCUT2D eigenvalue weighted by molar-refractivity contribution is -0.168. The van der Waals surface area contributed by atoms with Crippen LogP contribution in [0.2, 0.25) is 0 Å². The monoisotopic (exact) mass is 284 g/mol. The second kappa shape index (κ2) is 5.51. The Morgan fingerprint density at radius 3 is 2.65 bits per heavy atom. The molecule has 2 rings (SSSR count). The average molecular weight is 284 g/mol. The van der Waals surface area contributed by atoms with Gasteiger partial charge in [0, 0.05) is 18.9 Å². The Labute approximate surface area is 116 Å². The molecule has 112 valence electrons. The van der Waals surface area contributed by atoms with Crippen molar-refractivity contribution in [2.24, 2.45) is 0 Å². The van der Waals surface area contributed by atoms with Gasteiger partial charge in [-0.05, 0) is 27.7 Å². The second-order valence-electron chi connectivity index (χ2n) is 5.17. The first-order chi connectivity index (χ1) is 9.34. The van der Waals surface area contributed by atoms with Gasteiger partial charge in [-0.1, -0.05) is 0 Å². The second-order valence-corrected chi connectivity index (χ2v) is 5.17. The molecule has 0 saturated carbocycles. The van der Waals surface area contributed by atoms with Gasteiger partial charge in [0.1, 0.15) is 6.10 Å². The van der Waals surface area contributed by atoms with E-state index in [0.717, 1.165) is 0 Å². The third-order valence-corrected chi connectivity index (χ3v) is 3.10. The fourth-order valence-corrected chi connectivity index (χ4v) is 2.39. The summed E-state index contributed by atoms with van der Waals surface area (Å²) in [5.41, 5.74) is -0.977. The van der Waals surface area contributed by atoms with Crippen LogP contribution in [-0.4, -0.2) is 34.2 Å². The van der Waals surface area contributed by atoms with Crippen molar-refractivity contribution in [1.82, 2.24) is 9.55 Å². The van der Waals surface area contributed by atoms with E-state index in [9.17, 15) is 9.59 Å². The lowest BCUT2D eigenvalue weighted by Crippen LogP contribution is -2.41. The van der Waals surface area contributed by atoms with Crippen LogP contribution in [0, 0.1) is 0 Å². The summed E-state index contributed by atoms with van der Waals surface area (Å²) in [5.74, 6) is -0.731.